The summed E-state index contributed by atoms with van der Waals surface area (Å²) in [5.41, 5.74) is 8.87. The molecule has 3 heteroatoms. The molecule has 1 fully saturated rings. The molecular weight excluding hydrogens is 329 g/mol. The predicted molar refractivity (Wildman–Crippen MR) is 87.8 cm³/mol. The van der Waals surface area contributed by atoms with Crippen molar-refractivity contribution in [2.45, 2.75) is 37.1 Å². The summed E-state index contributed by atoms with van der Waals surface area (Å²) >= 11 is 3.50. The zero-order valence-corrected chi connectivity index (χ0v) is 13.4. The molecule has 1 aliphatic rings. The Bertz CT molecular complexity index is 622. The molecule has 0 bridgehead atoms. The fourth-order valence-corrected chi connectivity index (χ4v) is 3.74. The van der Waals surface area contributed by atoms with E-state index in [1.165, 1.54) is 18.1 Å². The van der Waals surface area contributed by atoms with Gasteiger partial charge in [0, 0.05) is 15.9 Å². The summed E-state index contributed by atoms with van der Waals surface area (Å²) in [6.45, 7) is 0. The first-order valence-corrected chi connectivity index (χ1v) is 8.16. The van der Waals surface area contributed by atoms with E-state index in [0.29, 0.717) is 6.42 Å². The van der Waals surface area contributed by atoms with Crippen LogP contribution in [-0.2, 0) is 11.8 Å². The number of hydrogen-bond acceptors (Lipinski definition) is 1. The van der Waals surface area contributed by atoms with Gasteiger partial charge in [0.15, 0.2) is 0 Å². The van der Waals surface area contributed by atoms with Gasteiger partial charge in [-0.3, -0.25) is 0 Å². The molecule has 0 aromatic heterocycles. The minimum absolute atomic E-state index is 0.00625. The minimum atomic E-state index is -0.206. The van der Waals surface area contributed by atoms with Crippen LogP contribution in [0.15, 0.2) is 53.0 Å². The van der Waals surface area contributed by atoms with Gasteiger partial charge in [-0.2, -0.15) is 0 Å². The largest absolute Gasteiger partial charge is 0.327 e. The van der Waals surface area contributed by atoms with E-state index < -0.39 is 0 Å². The van der Waals surface area contributed by atoms with Gasteiger partial charge in [-0.1, -0.05) is 52.7 Å². The van der Waals surface area contributed by atoms with Crippen LogP contribution in [0.2, 0.25) is 0 Å². The van der Waals surface area contributed by atoms with Crippen LogP contribution in [0.5, 0.6) is 0 Å². The van der Waals surface area contributed by atoms with Crippen LogP contribution < -0.4 is 5.73 Å². The highest BCUT2D eigenvalue weighted by atomic mass is 79.9. The van der Waals surface area contributed by atoms with Crippen LogP contribution in [0, 0.1) is 5.82 Å². The van der Waals surface area contributed by atoms with E-state index in [1.54, 1.807) is 12.1 Å². The van der Waals surface area contributed by atoms with Crippen molar-refractivity contribution < 1.29 is 4.39 Å². The summed E-state index contributed by atoms with van der Waals surface area (Å²) in [4.78, 5) is 0. The summed E-state index contributed by atoms with van der Waals surface area (Å²) < 4.78 is 14.4. The third-order valence-electron chi connectivity index (χ3n) is 4.75. The molecule has 0 heterocycles. The van der Waals surface area contributed by atoms with Crippen LogP contribution in [0.25, 0.3) is 0 Å². The van der Waals surface area contributed by atoms with Gasteiger partial charge in [0.25, 0.3) is 0 Å². The van der Waals surface area contributed by atoms with E-state index >= 15 is 0 Å². The minimum Gasteiger partial charge on any atom is -0.327 e. The monoisotopic (exact) mass is 347 g/mol. The van der Waals surface area contributed by atoms with Crippen molar-refractivity contribution in [2.24, 2.45) is 5.73 Å². The maximum absolute atomic E-state index is 13.5. The Labute approximate surface area is 133 Å². The van der Waals surface area contributed by atoms with Gasteiger partial charge in [0.1, 0.15) is 5.82 Å². The maximum Gasteiger partial charge on any atom is 0.123 e. The lowest BCUT2D eigenvalue weighted by Crippen LogP contribution is -2.51. The van der Waals surface area contributed by atoms with Crippen molar-refractivity contribution in [3.05, 3.63) is 69.9 Å². The smallest absolute Gasteiger partial charge is 0.123 e. The predicted octanol–water partition coefficient (Wildman–Crippen LogP) is 4.58. The lowest BCUT2D eigenvalue weighted by molar-refractivity contribution is 0.194. The van der Waals surface area contributed by atoms with Gasteiger partial charge in [-0.05, 0) is 48.6 Å². The normalized spacial score (nSPS) is 18.0. The number of rotatable bonds is 4. The summed E-state index contributed by atoms with van der Waals surface area (Å²) in [5, 5.41) is 0. The molecule has 1 atom stereocenters. The highest BCUT2D eigenvalue weighted by Crippen LogP contribution is 2.46. The van der Waals surface area contributed by atoms with E-state index in [1.807, 2.05) is 6.07 Å². The van der Waals surface area contributed by atoms with Crippen LogP contribution in [-0.4, -0.2) is 6.04 Å². The van der Waals surface area contributed by atoms with Gasteiger partial charge in [-0.15, -0.1) is 0 Å². The zero-order valence-electron chi connectivity index (χ0n) is 11.9. The summed E-state index contributed by atoms with van der Waals surface area (Å²) in [6, 6.07) is 15.3. The first-order valence-electron chi connectivity index (χ1n) is 7.37. The van der Waals surface area contributed by atoms with Crippen molar-refractivity contribution >= 4 is 15.9 Å². The number of halogens is 2. The van der Waals surface area contributed by atoms with Crippen molar-refractivity contribution in [2.75, 3.05) is 0 Å². The third-order valence-corrected chi connectivity index (χ3v) is 5.53. The second-order valence-corrected chi connectivity index (χ2v) is 6.78. The van der Waals surface area contributed by atoms with Gasteiger partial charge in [0.05, 0.1) is 0 Å². The quantitative estimate of drug-likeness (QED) is 0.860. The Balaban J connectivity index is 1.87. The molecule has 2 aromatic carbocycles. The van der Waals surface area contributed by atoms with Crippen molar-refractivity contribution in [3.63, 3.8) is 0 Å². The van der Waals surface area contributed by atoms with E-state index in [9.17, 15) is 4.39 Å². The van der Waals surface area contributed by atoms with Gasteiger partial charge >= 0.3 is 0 Å². The van der Waals surface area contributed by atoms with Crippen LogP contribution >= 0.6 is 15.9 Å². The van der Waals surface area contributed by atoms with E-state index in [2.05, 4.69) is 40.2 Å². The van der Waals surface area contributed by atoms with E-state index in [4.69, 9.17) is 5.73 Å². The molecule has 1 nitrogen and oxygen atoms in total. The van der Waals surface area contributed by atoms with E-state index in [0.717, 1.165) is 22.9 Å². The molecule has 0 amide bonds. The Morgan fingerprint density at radius 3 is 2.48 bits per heavy atom. The molecule has 3 rings (SSSR count). The molecular formula is C18H19BrFN. The molecule has 21 heavy (non-hydrogen) atoms. The lowest BCUT2D eigenvalue weighted by atomic mass is 9.59. The summed E-state index contributed by atoms with van der Waals surface area (Å²) in [7, 11) is 0. The fraction of sp³-hybridized carbons (Fsp3) is 0.333. The topological polar surface area (TPSA) is 26.0 Å². The Hall–Kier alpha value is -1.19. The molecule has 0 radical (unpaired) electrons. The van der Waals surface area contributed by atoms with Crippen molar-refractivity contribution in [1.29, 1.82) is 0 Å². The van der Waals surface area contributed by atoms with Gasteiger partial charge in [0.2, 0.25) is 0 Å². The second-order valence-electron chi connectivity index (χ2n) is 5.92. The molecule has 0 spiro atoms. The number of benzene rings is 2. The fourth-order valence-electron chi connectivity index (χ4n) is 3.33. The Morgan fingerprint density at radius 1 is 1.14 bits per heavy atom. The molecule has 0 aliphatic heterocycles. The van der Waals surface area contributed by atoms with Gasteiger partial charge < -0.3 is 5.73 Å². The molecule has 2 aromatic rings. The van der Waals surface area contributed by atoms with Crippen LogP contribution in [0.3, 0.4) is 0 Å². The molecule has 0 saturated heterocycles. The average molecular weight is 348 g/mol. The highest BCUT2D eigenvalue weighted by Gasteiger charge is 2.43. The van der Waals surface area contributed by atoms with Crippen molar-refractivity contribution in [1.82, 2.24) is 0 Å². The second kappa shape index (κ2) is 5.90. The third kappa shape index (κ3) is 2.77. The average Bonchev–Trinajstić information content (AvgIpc) is 2.43. The lowest BCUT2D eigenvalue weighted by Gasteiger charge is -2.47. The van der Waals surface area contributed by atoms with Crippen LogP contribution in [0.4, 0.5) is 4.39 Å². The molecule has 1 unspecified atom stereocenters. The Morgan fingerprint density at radius 2 is 1.86 bits per heavy atom. The first-order chi connectivity index (χ1) is 10.1. The van der Waals surface area contributed by atoms with Crippen molar-refractivity contribution in [3.8, 4) is 0 Å². The van der Waals surface area contributed by atoms with Crippen LogP contribution in [0.1, 0.15) is 30.4 Å². The first kappa shape index (κ1) is 14.7. The molecule has 110 valence electrons. The molecule has 2 N–H and O–H groups in total. The Kier molecular flexibility index (Phi) is 4.14. The zero-order chi connectivity index (χ0) is 14.9. The summed E-state index contributed by atoms with van der Waals surface area (Å²) in [6.07, 6.45) is 4.14. The summed E-state index contributed by atoms with van der Waals surface area (Å²) in [5.74, 6) is -0.206. The SMILES string of the molecule is NC(Cc1cc(F)ccc1Br)C1(c2ccccc2)CCC1. The van der Waals surface area contributed by atoms with E-state index in [-0.39, 0.29) is 17.3 Å². The maximum atomic E-state index is 13.5. The molecule has 1 aliphatic carbocycles. The standard InChI is InChI=1S/C18H19BrFN/c19-16-8-7-15(20)11-13(16)12-17(21)18(9-4-10-18)14-5-2-1-3-6-14/h1-3,5-8,11,17H,4,9-10,12,21H2. The highest BCUT2D eigenvalue weighted by molar-refractivity contribution is 9.10. The number of hydrogen-bond donors (Lipinski definition) is 1. The molecule has 1 saturated carbocycles. The number of nitrogens with two attached hydrogens (primary N) is 1. The van der Waals surface area contributed by atoms with Gasteiger partial charge in [-0.25, -0.2) is 4.39 Å².